The SMILES string of the molecule is c1ccc(-c2nc(N3CCN(c4cnccn4)CC3)c3ccccc3n2)cc1. The van der Waals surface area contributed by atoms with Gasteiger partial charge in [0.1, 0.15) is 11.6 Å². The number of hydrogen-bond donors (Lipinski definition) is 0. The number of benzene rings is 2. The first-order chi connectivity index (χ1) is 13.9. The van der Waals surface area contributed by atoms with Gasteiger partial charge in [-0.2, -0.15) is 0 Å². The van der Waals surface area contributed by atoms with Gasteiger partial charge in [-0.15, -0.1) is 0 Å². The molecule has 5 rings (SSSR count). The van der Waals surface area contributed by atoms with Crippen LogP contribution in [-0.4, -0.2) is 46.1 Å². The van der Waals surface area contributed by atoms with E-state index in [1.807, 2.05) is 36.5 Å². The van der Waals surface area contributed by atoms with Gasteiger partial charge < -0.3 is 9.80 Å². The van der Waals surface area contributed by atoms with Gasteiger partial charge in [-0.05, 0) is 12.1 Å². The maximum absolute atomic E-state index is 4.96. The molecule has 1 fully saturated rings. The fourth-order valence-electron chi connectivity index (χ4n) is 3.62. The summed E-state index contributed by atoms with van der Waals surface area (Å²) in [5, 5.41) is 1.09. The van der Waals surface area contributed by atoms with Gasteiger partial charge >= 0.3 is 0 Å². The highest BCUT2D eigenvalue weighted by Gasteiger charge is 2.22. The zero-order chi connectivity index (χ0) is 18.8. The molecule has 0 spiro atoms. The Labute approximate surface area is 163 Å². The van der Waals surface area contributed by atoms with E-state index in [4.69, 9.17) is 9.97 Å². The van der Waals surface area contributed by atoms with Gasteiger partial charge in [0.05, 0.1) is 11.7 Å². The summed E-state index contributed by atoms with van der Waals surface area (Å²) in [6.07, 6.45) is 5.27. The second kappa shape index (κ2) is 7.23. The molecular formula is C22H20N6. The monoisotopic (exact) mass is 368 g/mol. The van der Waals surface area contributed by atoms with Crippen LogP contribution in [0.1, 0.15) is 0 Å². The summed E-state index contributed by atoms with van der Waals surface area (Å²) in [6, 6.07) is 18.4. The van der Waals surface area contributed by atoms with Crippen molar-refractivity contribution in [2.45, 2.75) is 0 Å². The van der Waals surface area contributed by atoms with E-state index in [1.54, 1.807) is 12.4 Å². The van der Waals surface area contributed by atoms with Crippen LogP contribution in [-0.2, 0) is 0 Å². The molecule has 0 unspecified atom stereocenters. The largest absolute Gasteiger partial charge is 0.352 e. The number of anilines is 2. The summed E-state index contributed by atoms with van der Waals surface area (Å²) >= 11 is 0. The molecule has 0 saturated carbocycles. The lowest BCUT2D eigenvalue weighted by Crippen LogP contribution is -2.47. The van der Waals surface area contributed by atoms with E-state index in [0.717, 1.165) is 60.1 Å². The van der Waals surface area contributed by atoms with Crippen molar-refractivity contribution in [2.24, 2.45) is 0 Å². The van der Waals surface area contributed by atoms with Crippen molar-refractivity contribution >= 4 is 22.5 Å². The van der Waals surface area contributed by atoms with E-state index in [1.165, 1.54) is 0 Å². The molecule has 0 bridgehead atoms. The van der Waals surface area contributed by atoms with Gasteiger partial charge in [0.25, 0.3) is 0 Å². The van der Waals surface area contributed by atoms with Crippen molar-refractivity contribution in [2.75, 3.05) is 36.0 Å². The first kappa shape index (κ1) is 16.6. The highest BCUT2D eigenvalue weighted by atomic mass is 15.3. The normalized spacial score (nSPS) is 14.4. The Morgan fingerprint density at radius 2 is 1.46 bits per heavy atom. The van der Waals surface area contributed by atoms with Gasteiger partial charge in [-0.25, -0.2) is 15.0 Å². The predicted molar refractivity (Wildman–Crippen MR) is 111 cm³/mol. The van der Waals surface area contributed by atoms with E-state index in [9.17, 15) is 0 Å². The maximum Gasteiger partial charge on any atom is 0.162 e. The lowest BCUT2D eigenvalue weighted by atomic mass is 10.1. The molecule has 2 aromatic heterocycles. The summed E-state index contributed by atoms with van der Waals surface area (Å²) in [4.78, 5) is 23.0. The van der Waals surface area contributed by atoms with E-state index in [0.29, 0.717) is 0 Å². The quantitative estimate of drug-likeness (QED) is 0.552. The van der Waals surface area contributed by atoms with Crippen LogP contribution in [0.3, 0.4) is 0 Å². The number of rotatable bonds is 3. The second-order valence-corrected chi connectivity index (χ2v) is 6.79. The average molecular weight is 368 g/mol. The van der Waals surface area contributed by atoms with Crippen molar-refractivity contribution in [1.82, 2.24) is 19.9 Å². The fourth-order valence-corrected chi connectivity index (χ4v) is 3.62. The Bertz CT molecular complexity index is 1080. The summed E-state index contributed by atoms with van der Waals surface area (Å²) in [7, 11) is 0. The zero-order valence-electron chi connectivity index (χ0n) is 15.4. The van der Waals surface area contributed by atoms with Crippen molar-refractivity contribution in [3.8, 4) is 11.4 Å². The van der Waals surface area contributed by atoms with Gasteiger partial charge in [0.15, 0.2) is 5.82 Å². The molecule has 6 heteroatoms. The number of fused-ring (bicyclic) bond motifs is 1. The first-order valence-electron chi connectivity index (χ1n) is 9.46. The second-order valence-electron chi connectivity index (χ2n) is 6.79. The van der Waals surface area contributed by atoms with E-state index >= 15 is 0 Å². The van der Waals surface area contributed by atoms with Gasteiger partial charge in [0, 0.05) is 49.5 Å². The van der Waals surface area contributed by atoms with Crippen LogP contribution < -0.4 is 9.80 Å². The third-order valence-electron chi connectivity index (χ3n) is 5.07. The van der Waals surface area contributed by atoms with Crippen molar-refractivity contribution in [3.63, 3.8) is 0 Å². The molecule has 4 aromatic rings. The molecule has 1 aliphatic rings. The molecule has 0 atom stereocenters. The molecule has 28 heavy (non-hydrogen) atoms. The molecule has 2 aromatic carbocycles. The standard InChI is InChI=1S/C22H20N6/c1-2-6-17(7-3-1)21-25-19-9-5-4-8-18(19)22(26-21)28-14-12-27(13-15-28)20-16-23-10-11-24-20/h1-11,16H,12-15H2. The molecule has 0 aliphatic carbocycles. The molecule has 1 saturated heterocycles. The van der Waals surface area contributed by atoms with Crippen LogP contribution in [0.25, 0.3) is 22.3 Å². The third-order valence-corrected chi connectivity index (χ3v) is 5.07. The van der Waals surface area contributed by atoms with Crippen LogP contribution in [0.15, 0.2) is 73.2 Å². The number of nitrogens with zero attached hydrogens (tertiary/aromatic N) is 6. The Kier molecular flexibility index (Phi) is 4.29. The summed E-state index contributed by atoms with van der Waals surface area (Å²) in [5.41, 5.74) is 2.01. The highest BCUT2D eigenvalue weighted by molar-refractivity contribution is 5.91. The van der Waals surface area contributed by atoms with Crippen LogP contribution in [0.5, 0.6) is 0 Å². The van der Waals surface area contributed by atoms with Gasteiger partial charge in [0.2, 0.25) is 0 Å². The topological polar surface area (TPSA) is 58.0 Å². The summed E-state index contributed by atoms with van der Waals surface area (Å²) in [5.74, 6) is 2.70. The van der Waals surface area contributed by atoms with Gasteiger partial charge in [-0.1, -0.05) is 42.5 Å². The molecular weight excluding hydrogens is 348 g/mol. The zero-order valence-corrected chi connectivity index (χ0v) is 15.4. The Morgan fingerprint density at radius 1 is 0.714 bits per heavy atom. The minimum Gasteiger partial charge on any atom is -0.352 e. The van der Waals surface area contributed by atoms with Crippen molar-refractivity contribution in [3.05, 3.63) is 73.2 Å². The average Bonchev–Trinajstić information content (AvgIpc) is 2.80. The first-order valence-corrected chi connectivity index (χ1v) is 9.46. The minimum absolute atomic E-state index is 0.769. The third kappa shape index (κ3) is 3.13. The van der Waals surface area contributed by atoms with E-state index < -0.39 is 0 Å². The molecule has 6 nitrogen and oxygen atoms in total. The van der Waals surface area contributed by atoms with Crippen LogP contribution >= 0.6 is 0 Å². The summed E-state index contributed by atoms with van der Waals surface area (Å²) in [6.45, 7) is 3.53. The van der Waals surface area contributed by atoms with Crippen LogP contribution in [0.2, 0.25) is 0 Å². The lowest BCUT2D eigenvalue weighted by molar-refractivity contribution is 0.642. The molecule has 3 heterocycles. The van der Waals surface area contributed by atoms with E-state index in [-0.39, 0.29) is 0 Å². The molecule has 1 aliphatic heterocycles. The minimum atomic E-state index is 0.769. The van der Waals surface area contributed by atoms with Crippen molar-refractivity contribution in [1.29, 1.82) is 0 Å². The van der Waals surface area contributed by atoms with Gasteiger partial charge in [-0.3, -0.25) is 4.98 Å². The van der Waals surface area contributed by atoms with Crippen molar-refractivity contribution < 1.29 is 0 Å². The number of hydrogen-bond acceptors (Lipinski definition) is 6. The Hall–Kier alpha value is -3.54. The lowest BCUT2D eigenvalue weighted by Gasteiger charge is -2.36. The fraction of sp³-hybridized carbons (Fsp3) is 0.182. The molecule has 0 radical (unpaired) electrons. The Balaban J connectivity index is 1.49. The smallest absolute Gasteiger partial charge is 0.162 e. The number of para-hydroxylation sites is 1. The number of aromatic nitrogens is 4. The molecule has 138 valence electrons. The van der Waals surface area contributed by atoms with E-state index in [2.05, 4.69) is 44.0 Å². The predicted octanol–water partition coefficient (Wildman–Crippen LogP) is 3.41. The Morgan fingerprint density at radius 3 is 2.25 bits per heavy atom. The van der Waals surface area contributed by atoms with Crippen LogP contribution in [0, 0.1) is 0 Å². The number of piperazine rings is 1. The summed E-state index contributed by atoms with van der Waals surface area (Å²) < 4.78 is 0. The van der Waals surface area contributed by atoms with Crippen LogP contribution in [0.4, 0.5) is 11.6 Å². The maximum atomic E-state index is 4.96. The highest BCUT2D eigenvalue weighted by Crippen LogP contribution is 2.28. The molecule has 0 amide bonds. The molecule has 0 N–H and O–H groups in total.